The van der Waals surface area contributed by atoms with Gasteiger partial charge >= 0.3 is 0 Å². The van der Waals surface area contributed by atoms with Crippen molar-refractivity contribution in [1.82, 2.24) is 29.7 Å². The van der Waals surface area contributed by atoms with Gasteiger partial charge in [0.25, 0.3) is 0 Å². The number of carbonyl (C=O) groups is 1. The van der Waals surface area contributed by atoms with Gasteiger partial charge in [0.05, 0.1) is 0 Å². The molecule has 192 valence electrons. The van der Waals surface area contributed by atoms with Crippen molar-refractivity contribution in [2.45, 2.75) is 57.0 Å². The minimum absolute atomic E-state index is 0.0407. The van der Waals surface area contributed by atoms with Gasteiger partial charge in [-0.05, 0) is 95.3 Å². The predicted molar refractivity (Wildman–Crippen MR) is 142 cm³/mol. The number of carbonyl (C=O) groups excluding carboxylic acids is 1. The molecular weight excluding hydrogens is 450 g/mol. The highest BCUT2D eigenvalue weighted by molar-refractivity contribution is 5.79. The Kier molecular flexibility index (Phi) is 7.14. The van der Waals surface area contributed by atoms with E-state index >= 15 is 0 Å². The number of nitrogens with zero attached hydrogens (tertiary/aromatic N) is 6. The molecule has 0 aromatic carbocycles. The summed E-state index contributed by atoms with van der Waals surface area (Å²) in [7, 11) is 0. The Bertz CT molecular complexity index is 1100. The van der Waals surface area contributed by atoms with E-state index in [0.29, 0.717) is 11.9 Å². The first-order chi connectivity index (χ1) is 17.8. The fraction of sp³-hybridized carbons (Fsp3) is 0.643. The van der Waals surface area contributed by atoms with Crippen molar-refractivity contribution in [3.63, 3.8) is 0 Å². The van der Waals surface area contributed by atoms with Crippen LogP contribution in [-0.4, -0.2) is 82.3 Å². The number of piperidine rings is 3. The second-order valence-corrected chi connectivity index (χ2v) is 11.0. The number of aromatic nitrogens is 3. The fourth-order valence-corrected chi connectivity index (χ4v) is 6.59. The zero-order chi connectivity index (χ0) is 24.3. The molecule has 0 saturated carbocycles. The maximum Gasteiger partial charge on any atom is 0.225 e. The summed E-state index contributed by atoms with van der Waals surface area (Å²) in [6.07, 6.45) is 15.3. The van der Waals surface area contributed by atoms with E-state index in [4.69, 9.17) is 15.0 Å². The number of nitrogens with one attached hydrogen (secondary N) is 1. The van der Waals surface area contributed by atoms with Crippen LogP contribution in [0.4, 0.5) is 0 Å². The van der Waals surface area contributed by atoms with Crippen molar-refractivity contribution in [1.29, 1.82) is 0 Å². The lowest BCUT2D eigenvalue weighted by Crippen LogP contribution is -2.46. The quantitative estimate of drug-likeness (QED) is 0.697. The standard InChI is InChI=1S/C28H39N7O/c36-28(22-8-16-33(17-9-22)20-21-6-14-29-15-7-21)34-18-10-23(11-19-34)35-26-25(5-3-13-31-26)32-27(35)24-4-1-2-12-30-24/h1-3,5,12-13,21-24,29H,4,6-11,14-20H2. The lowest BCUT2D eigenvalue weighted by atomic mass is 9.91. The van der Waals surface area contributed by atoms with Crippen LogP contribution < -0.4 is 5.32 Å². The van der Waals surface area contributed by atoms with Crippen LogP contribution in [0.3, 0.4) is 0 Å². The van der Waals surface area contributed by atoms with E-state index in [0.717, 1.165) is 94.3 Å². The average molecular weight is 490 g/mol. The minimum atomic E-state index is 0.0407. The number of dihydropyridines is 1. The molecule has 3 fully saturated rings. The molecule has 0 bridgehead atoms. The van der Waals surface area contributed by atoms with Crippen LogP contribution in [-0.2, 0) is 4.79 Å². The number of allylic oxidation sites excluding steroid dienone is 1. The van der Waals surface area contributed by atoms with Gasteiger partial charge in [-0.2, -0.15) is 0 Å². The number of amides is 1. The molecule has 8 heteroatoms. The van der Waals surface area contributed by atoms with Crippen LogP contribution in [0.2, 0.25) is 0 Å². The molecule has 8 nitrogen and oxygen atoms in total. The number of likely N-dealkylation sites (tertiary alicyclic amines) is 2. The molecule has 1 amide bonds. The summed E-state index contributed by atoms with van der Waals surface area (Å²) in [5.41, 5.74) is 1.88. The number of imidazole rings is 1. The van der Waals surface area contributed by atoms with E-state index in [-0.39, 0.29) is 12.0 Å². The van der Waals surface area contributed by atoms with Crippen molar-refractivity contribution in [3.8, 4) is 0 Å². The van der Waals surface area contributed by atoms with Crippen LogP contribution in [0, 0.1) is 11.8 Å². The lowest BCUT2D eigenvalue weighted by molar-refractivity contribution is -0.138. The maximum absolute atomic E-state index is 13.4. The van der Waals surface area contributed by atoms with Gasteiger partial charge in [0, 0.05) is 44.0 Å². The molecule has 0 aliphatic carbocycles. The van der Waals surface area contributed by atoms with E-state index in [1.165, 1.54) is 19.4 Å². The van der Waals surface area contributed by atoms with Crippen molar-refractivity contribution in [2.75, 3.05) is 45.8 Å². The summed E-state index contributed by atoms with van der Waals surface area (Å²) >= 11 is 0. The molecular formula is C28H39N7O. The van der Waals surface area contributed by atoms with Gasteiger partial charge in [-0.15, -0.1) is 0 Å². The van der Waals surface area contributed by atoms with E-state index in [9.17, 15) is 4.79 Å². The molecule has 6 rings (SSSR count). The topological polar surface area (TPSA) is 78.7 Å². The minimum Gasteiger partial charge on any atom is -0.342 e. The van der Waals surface area contributed by atoms with Crippen LogP contribution in [0.1, 0.15) is 62.9 Å². The van der Waals surface area contributed by atoms with E-state index in [1.807, 2.05) is 30.6 Å². The van der Waals surface area contributed by atoms with Crippen molar-refractivity contribution < 1.29 is 4.79 Å². The number of aliphatic imine (C=N–C) groups is 1. The summed E-state index contributed by atoms with van der Waals surface area (Å²) in [6.45, 7) is 7.31. The molecule has 1 unspecified atom stereocenters. The first-order valence-electron chi connectivity index (χ1n) is 14.0. The number of hydrogen-bond donors (Lipinski definition) is 1. The molecule has 1 N–H and O–H groups in total. The number of fused-ring (bicyclic) bond motifs is 1. The number of hydrogen-bond acceptors (Lipinski definition) is 6. The summed E-state index contributed by atoms with van der Waals surface area (Å²) < 4.78 is 2.33. The molecule has 2 aromatic rings. The highest BCUT2D eigenvalue weighted by atomic mass is 16.2. The first-order valence-corrected chi connectivity index (χ1v) is 14.0. The lowest BCUT2D eigenvalue weighted by Gasteiger charge is -2.39. The monoisotopic (exact) mass is 489 g/mol. The van der Waals surface area contributed by atoms with Crippen molar-refractivity contribution in [2.24, 2.45) is 16.8 Å². The smallest absolute Gasteiger partial charge is 0.225 e. The first kappa shape index (κ1) is 23.8. The van der Waals surface area contributed by atoms with Crippen LogP contribution >= 0.6 is 0 Å². The highest BCUT2D eigenvalue weighted by Crippen LogP contribution is 2.34. The third-order valence-electron chi connectivity index (χ3n) is 8.67. The molecule has 36 heavy (non-hydrogen) atoms. The summed E-state index contributed by atoms with van der Waals surface area (Å²) in [5, 5.41) is 3.46. The summed E-state index contributed by atoms with van der Waals surface area (Å²) in [6, 6.07) is 4.34. The van der Waals surface area contributed by atoms with Crippen LogP contribution in [0.15, 0.2) is 35.5 Å². The van der Waals surface area contributed by atoms with Crippen LogP contribution in [0.25, 0.3) is 11.2 Å². The molecule has 4 aliphatic rings. The summed E-state index contributed by atoms with van der Waals surface area (Å²) in [5.74, 6) is 2.41. The Hall–Kier alpha value is -2.58. The van der Waals surface area contributed by atoms with Gasteiger partial charge < -0.3 is 19.7 Å². The van der Waals surface area contributed by atoms with E-state index in [1.54, 1.807) is 0 Å². The third kappa shape index (κ3) is 4.98. The van der Waals surface area contributed by atoms with Gasteiger partial charge in [-0.1, -0.05) is 6.08 Å². The molecule has 3 saturated heterocycles. The molecule has 4 aliphatic heterocycles. The van der Waals surface area contributed by atoms with Crippen molar-refractivity contribution >= 4 is 23.3 Å². The second-order valence-electron chi connectivity index (χ2n) is 11.0. The number of rotatable bonds is 5. The molecule has 6 heterocycles. The Labute approximate surface area is 213 Å². The van der Waals surface area contributed by atoms with Gasteiger partial charge in [-0.25, -0.2) is 9.97 Å². The van der Waals surface area contributed by atoms with Crippen LogP contribution in [0.5, 0.6) is 0 Å². The highest BCUT2D eigenvalue weighted by Gasteiger charge is 2.33. The normalized spacial score (nSPS) is 25.1. The Morgan fingerprint density at radius 1 is 1.03 bits per heavy atom. The zero-order valence-electron chi connectivity index (χ0n) is 21.3. The molecule has 0 spiro atoms. The largest absolute Gasteiger partial charge is 0.342 e. The SMILES string of the molecule is O=C(C1CCN(CC2CCNCC2)CC1)N1CCC(n2c(C3CC=CC=N3)nc3cccnc32)CC1. The summed E-state index contributed by atoms with van der Waals surface area (Å²) in [4.78, 5) is 32.5. The molecule has 1 atom stereocenters. The molecule has 0 radical (unpaired) electrons. The number of pyridine rings is 1. The van der Waals surface area contributed by atoms with Gasteiger partial charge in [0.1, 0.15) is 17.4 Å². The Morgan fingerprint density at radius 3 is 2.58 bits per heavy atom. The third-order valence-corrected chi connectivity index (χ3v) is 8.67. The average Bonchev–Trinajstić information content (AvgIpc) is 3.34. The van der Waals surface area contributed by atoms with Crippen molar-refractivity contribution in [3.05, 3.63) is 36.3 Å². The predicted octanol–water partition coefficient (Wildman–Crippen LogP) is 3.38. The Balaban J connectivity index is 1.07. The molecule has 2 aromatic heterocycles. The van der Waals surface area contributed by atoms with E-state index in [2.05, 4.69) is 25.8 Å². The van der Waals surface area contributed by atoms with Gasteiger partial charge in [0.2, 0.25) is 5.91 Å². The Morgan fingerprint density at radius 2 is 1.83 bits per heavy atom. The van der Waals surface area contributed by atoms with Gasteiger partial charge in [0.15, 0.2) is 5.65 Å². The maximum atomic E-state index is 13.4. The van der Waals surface area contributed by atoms with Gasteiger partial charge in [-0.3, -0.25) is 9.79 Å². The fourth-order valence-electron chi connectivity index (χ4n) is 6.59. The zero-order valence-corrected chi connectivity index (χ0v) is 21.3. The second kappa shape index (κ2) is 10.8. The van der Waals surface area contributed by atoms with E-state index < -0.39 is 0 Å².